The molecule has 2 aromatic rings. The number of unbranched alkanes of at least 4 members (excludes halogenated alkanes) is 3. The van der Waals surface area contributed by atoms with Crippen LogP contribution in [0, 0.1) is 0 Å². The van der Waals surface area contributed by atoms with Gasteiger partial charge in [0.05, 0.1) is 25.3 Å². The molecular formula is C22H30N2O5. The standard InChI is InChI=1S/C22H30N2O5/c1-4-6-8-12-29-20-18(28-3)11-10-15-13-17(22(27)24-19(15)20)21(26)23-16(14-25)9-7-5-2/h10-11,13-14,16H,4-9,12H2,1-3H3,(H,23,26)(H,24,27). The Balaban J connectivity index is 2.33. The van der Waals surface area contributed by atoms with Crippen molar-refractivity contribution in [2.24, 2.45) is 0 Å². The van der Waals surface area contributed by atoms with Crippen molar-refractivity contribution in [3.8, 4) is 11.5 Å². The van der Waals surface area contributed by atoms with Crippen molar-refractivity contribution in [2.45, 2.75) is 58.4 Å². The number of carbonyl (C=O) groups is 2. The van der Waals surface area contributed by atoms with Crippen LogP contribution in [0.3, 0.4) is 0 Å². The molecule has 0 saturated heterocycles. The van der Waals surface area contributed by atoms with Gasteiger partial charge in [-0.25, -0.2) is 0 Å². The first-order chi connectivity index (χ1) is 14.0. The van der Waals surface area contributed by atoms with Crippen molar-refractivity contribution in [1.29, 1.82) is 0 Å². The van der Waals surface area contributed by atoms with Crippen LogP contribution in [-0.2, 0) is 4.79 Å². The lowest BCUT2D eigenvalue weighted by molar-refractivity contribution is -0.109. The van der Waals surface area contributed by atoms with E-state index < -0.39 is 17.5 Å². The summed E-state index contributed by atoms with van der Waals surface area (Å²) in [5, 5.41) is 3.28. The molecule has 2 rings (SSSR count). The first-order valence-corrected chi connectivity index (χ1v) is 10.2. The van der Waals surface area contributed by atoms with Gasteiger partial charge in [0, 0.05) is 5.39 Å². The SMILES string of the molecule is CCCCCOc1c(OC)ccc2cc(C(=O)NC(C=O)CCCC)c(=O)[nH]c12. The molecule has 1 aromatic heterocycles. The number of carbonyl (C=O) groups excluding carboxylic acids is 2. The first kappa shape index (κ1) is 22.5. The lowest BCUT2D eigenvalue weighted by atomic mass is 10.1. The Kier molecular flexibility index (Phi) is 8.70. The van der Waals surface area contributed by atoms with E-state index in [4.69, 9.17) is 9.47 Å². The lowest BCUT2D eigenvalue weighted by Gasteiger charge is -2.15. The number of aromatic amines is 1. The highest BCUT2D eigenvalue weighted by atomic mass is 16.5. The summed E-state index contributed by atoms with van der Waals surface area (Å²) in [7, 11) is 1.54. The van der Waals surface area contributed by atoms with Crippen molar-refractivity contribution >= 4 is 23.1 Å². The van der Waals surface area contributed by atoms with Crippen LogP contribution in [-0.4, -0.2) is 36.9 Å². The molecule has 0 radical (unpaired) electrons. The Labute approximate surface area is 170 Å². The fourth-order valence-corrected chi connectivity index (χ4v) is 3.07. The van der Waals surface area contributed by atoms with Crippen molar-refractivity contribution in [2.75, 3.05) is 13.7 Å². The van der Waals surface area contributed by atoms with E-state index in [0.717, 1.165) is 32.1 Å². The minimum Gasteiger partial charge on any atom is -0.493 e. The third-order valence-electron chi connectivity index (χ3n) is 4.75. The molecule has 0 aliphatic rings. The molecule has 7 heteroatoms. The molecule has 0 saturated carbocycles. The van der Waals surface area contributed by atoms with Gasteiger partial charge in [0.1, 0.15) is 11.8 Å². The van der Waals surface area contributed by atoms with Gasteiger partial charge in [-0.15, -0.1) is 0 Å². The molecule has 0 fully saturated rings. The highest BCUT2D eigenvalue weighted by Gasteiger charge is 2.18. The summed E-state index contributed by atoms with van der Waals surface area (Å²) in [4.78, 5) is 39.1. The van der Waals surface area contributed by atoms with Gasteiger partial charge < -0.3 is 24.6 Å². The lowest BCUT2D eigenvalue weighted by Crippen LogP contribution is -2.38. The molecule has 0 bridgehead atoms. The highest BCUT2D eigenvalue weighted by molar-refractivity contribution is 5.99. The van der Waals surface area contributed by atoms with E-state index in [9.17, 15) is 14.4 Å². The van der Waals surface area contributed by atoms with E-state index in [1.54, 1.807) is 12.1 Å². The predicted octanol–water partition coefficient (Wildman–Crippen LogP) is 3.59. The minimum atomic E-state index is -0.606. The van der Waals surface area contributed by atoms with Crippen molar-refractivity contribution in [3.05, 3.63) is 34.1 Å². The predicted molar refractivity (Wildman–Crippen MR) is 113 cm³/mol. The van der Waals surface area contributed by atoms with Gasteiger partial charge in [0.15, 0.2) is 11.5 Å². The molecule has 1 aromatic carbocycles. The number of nitrogens with one attached hydrogen (secondary N) is 2. The number of pyridine rings is 1. The number of ether oxygens (including phenoxy) is 2. The Morgan fingerprint density at radius 2 is 1.97 bits per heavy atom. The summed E-state index contributed by atoms with van der Waals surface area (Å²) in [6, 6.07) is 4.41. The van der Waals surface area contributed by atoms with Gasteiger partial charge in [0.25, 0.3) is 11.5 Å². The molecule has 158 valence electrons. The number of amides is 1. The smallest absolute Gasteiger partial charge is 0.261 e. The molecule has 1 unspecified atom stereocenters. The van der Waals surface area contributed by atoms with E-state index >= 15 is 0 Å². The molecule has 0 aliphatic heterocycles. The number of hydrogen-bond acceptors (Lipinski definition) is 5. The Hall–Kier alpha value is -2.83. The van der Waals surface area contributed by atoms with Gasteiger partial charge in [-0.3, -0.25) is 9.59 Å². The molecule has 0 spiro atoms. The van der Waals surface area contributed by atoms with E-state index in [0.29, 0.717) is 41.7 Å². The normalized spacial score (nSPS) is 11.8. The van der Waals surface area contributed by atoms with Gasteiger partial charge >= 0.3 is 0 Å². The van der Waals surface area contributed by atoms with E-state index in [-0.39, 0.29) is 5.56 Å². The summed E-state index contributed by atoms with van der Waals surface area (Å²) in [6.07, 6.45) is 6.00. The molecule has 7 nitrogen and oxygen atoms in total. The van der Waals surface area contributed by atoms with Crippen LogP contribution in [0.5, 0.6) is 11.5 Å². The average molecular weight is 402 g/mol. The molecule has 0 aliphatic carbocycles. The largest absolute Gasteiger partial charge is 0.493 e. The summed E-state index contributed by atoms with van der Waals surface area (Å²) in [5.41, 5.74) is -0.0925. The van der Waals surface area contributed by atoms with Crippen LogP contribution in [0.4, 0.5) is 0 Å². The maximum Gasteiger partial charge on any atom is 0.261 e. The molecular weight excluding hydrogens is 372 g/mol. The number of methoxy groups -OCH3 is 1. The fraction of sp³-hybridized carbons (Fsp3) is 0.500. The quantitative estimate of drug-likeness (QED) is 0.418. The van der Waals surface area contributed by atoms with Gasteiger partial charge in [0.2, 0.25) is 0 Å². The van der Waals surface area contributed by atoms with Crippen LogP contribution in [0.1, 0.15) is 62.7 Å². The minimum absolute atomic E-state index is 0.0389. The molecule has 1 heterocycles. The third kappa shape index (κ3) is 5.82. The summed E-state index contributed by atoms with van der Waals surface area (Å²) >= 11 is 0. The Morgan fingerprint density at radius 1 is 1.21 bits per heavy atom. The van der Waals surface area contributed by atoms with Crippen LogP contribution in [0.2, 0.25) is 0 Å². The Morgan fingerprint density at radius 3 is 2.62 bits per heavy atom. The first-order valence-electron chi connectivity index (χ1n) is 10.2. The molecule has 1 amide bonds. The van der Waals surface area contributed by atoms with Crippen LogP contribution >= 0.6 is 0 Å². The number of rotatable bonds is 12. The van der Waals surface area contributed by atoms with Gasteiger partial charge in [-0.1, -0.05) is 39.5 Å². The Bertz CT molecular complexity index is 891. The van der Waals surface area contributed by atoms with E-state index in [2.05, 4.69) is 17.2 Å². The zero-order valence-corrected chi connectivity index (χ0v) is 17.4. The fourth-order valence-electron chi connectivity index (χ4n) is 3.07. The maximum absolute atomic E-state index is 12.6. The number of H-pyrrole nitrogens is 1. The summed E-state index contributed by atoms with van der Waals surface area (Å²) in [5.74, 6) is 0.406. The molecule has 29 heavy (non-hydrogen) atoms. The van der Waals surface area contributed by atoms with Crippen LogP contribution in [0.25, 0.3) is 10.9 Å². The number of hydrogen-bond donors (Lipinski definition) is 2. The monoisotopic (exact) mass is 402 g/mol. The number of benzene rings is 1. The average Bonchev–Trinajstić information content (AvgIpc) is 2.73. The second-order valence-electron chi connectivity index (χ2n) is 6.99. The zero-order valence-electron chi connectivity index (χ0n) is 17.4. The van der Waals surface area contributed by atoms with Crippen molar-refractivity contribution < 1.29 is 19.1 Å². The third-order valence-corrected chi connectivity index (χ3v) is 4.75. The zero-order chi connectivity index (χ0) is 21.2. The van der Waals surface area contributed by atoms with Crippen molar-refractivity contribution in [3.63, 3.8) is 0 Å². The summed E-state index contributed by atoms with van der Waals surface area (Å²) < 4.78 is 11.3. The molecule has 2 N–H and O–H groups in total. The number of aldehydes is 1. The van der Waals surface area contributed by atoms with Crippen molar-refractivity contribution in [1.82, 2.24) is 10.3 Å². The van der Waals surface area contributed by atoms with Crippen LogP contribution in [0.15, 0.2) is 23.0 Å². The topological polar surface area (TPSA) is 97.5 Å². The highest BCUT2D eigenvalue weighted by Crippen LogP contribution is 2.34. The molecule has 1 atom stereocenters. The van der Waals surface area contributed by atoms with E-state index in [1.807, 2.05) is 6.92 Å². The number of aromatic nitrogens is 1. The summed E-state index contributed by atoms with van der Waals surface area (Å²) in [6.45, 7) is 4.62. The van der Waals surface area contributed by atoms with Gasteiger partial charge in [-0.05, 0) is 31.0 Å². The van der Waals surface area contributed by atoms with Gasteiger partial charge in [-0.2, -0.15) is 0 Å². The maximum atomic E-state index is 12.6. The number of fused-ring (bicyclic) bond motifs is 1. The second kappa shape index (κ2) is 11.2. The van der Waals surface area contributed by atoms with Crippen LogP contribution < -0.4 is 20.3 Å². The second-order valence-corrected chi connectivity index (χ2v) is 6.99. The van der Waals surface area contributed by atoms with E-state index in [1.165, 1.54) is 13.2 Å².